The standard InChI is InChI=1S/C18H16N4OS/c1-13-6-9-24-17(13)22-16-15(5-3-8-20-16)12-21(18(22)23)11-14-4-2-7-19-10-14/h2-10H,11-12H2,1H3. The zero-order valence-corrected chi connectivity index (χ0v) is 14.0. The van der Waals surface area contributed by atoms with E-state index in [2.05, 4.69) is 9.97 Å². The van der Waals surface area contributed by atoms with E-state index in [-0.39, 0.29) is 6.03 Å². The maximum Gasteiger partial charge on any atom is 0.331 e. The predicted molar refractivity (Wildman–Crippen MR) is 94.3 cm³/mol. The molecule has 4 rings (SSSR count). The number of carbonyl (C=O) groups is 1. The smallest absolute Gasteiger partial charge is 0.315 e. The van der Waals surface area contributed by atoms with Crippen LogP contribution in [-0.4, -0.2) is 20.9 Å². The molecule has 0 N–H and O–H groups in total. The molecule has 0 radical (unpaired) electrons. The first-order valence-electron chi connectivity index (χ1n) is 7.70. The fraction of sp³-hybridized carbons (Fsp3) is 0.167. The molecule has 0 aromatic carbocycles. The number of hydrogen-bond donors (Lipinski definition) is 0. The number of pyridine rings is 2. The highest BCUT2D eigenvalue weighted by atomic mass is 32.1. The van der Waals surface area contributed by atoms with Gasteiger partial charge in [-0.05, 0) is 41.6 Å². The summed E-state index contributed by atoms with van der Waals surface area (Å²) in [5, 5.41) is 2.93. The largest absolute Gasteiger partial charge is 0.331 e. The molecule has 0 bridgehead atoms. The first-order valence-corrected chi connectivity index (χ1v) is 8.58. The van der Waals surface area contributed by atoms with E-state index in [1.165, 1.54) is 0 Å². The number of amides is 2. The van der Waals surface area contributed by atoms with Gasteiger partial charge in [-0.25, -0.2) is 14.7 Å². The second-order valence-corrected chi connectivity index (χ2v) is 6.62. The van der Waals surface area contributed by atoms with Crippen molar-refractivity contribution in [2.24, 2.45) is 0 Å². The van der Waals surface area contributed by atoms with Crippen LogP contribution in [-0.2, 0) is 13.1 Å². The highest BCUT2D eigenvalue weighted by molar-refractivity contribution is 7.14. The molecule has 120 valence electrons. The summed E-state index contributed by atoms with van der Waals surface area (Å²) in [6, 6.07) is 9.80. The van der Waals surface area contributed by atoms with Crippen molar-refractivity contribution in [2.75, 3.05) is 4.90 Å². The van der Waals surface area contributed by atoms with Gasteiger partial charge in [-0.2, -0.15) is 0 Å². The van der Waals surface area contributed by atoms with Gasteiger partial charge in [0.15, 0.2) is 0 Å². The molecule has 24 heavy (non-hydrogen) atoms. The third kappa shape index (κ3) is 2.55. The minimum atomic E-state index is -0.0457. The van der Waals surface area contributed by atoms with Crippen LogP contribution in [0.3, 0.4) is 0 Å². The molecule has 0 spiro atoms. The van der Waals surface area contributed by atoms with E-state index in [1.807, 2.05) is 47.5 Å². The Hall–Kier alpha value is -2.73. The zero-order valence-electron chi connectivity index (χ0n) is 13.2. The van der Waals surface area contributed by atoms with Crippen LogP contribution in [0.4, 0.5) is 15.6 Å². The van der Waals surface area contributed by atoms with Crippen molar-refractivity contribution >= 4 is 28.2 Å². The lowest BCUT2D eigenvalue weighted by molar-refractivity contribution is 0.198. The number of anilines is 2. The second-order valence-electron chi connectivity index (χ2n) is 5.73. The highest BCUT2D eigenvalue weighted by Gasteiger charge is 2.33. The van der Waals surface area contributed by atoms with Gasteiger partial charge < -0.3 is 4.90 Å². The summed E-state index contributed by atoms with van der Waals surface area (Å²) in [4.78, 5) is 25.3. The monoisotopic (exact) mass is 336 g/mol. The van der Waals surface area contributed by atoms with Crippen LogP contribution in [0, 0.1) is 6.92 Å². The Morgan fingerprint density at radius 3 is 2.83 bits per heavy atom. The number of hydrogen-bond acceptors (Lipinski definition) is 4. The molecule has 0 saturated heterocycles. The molecule has 3 aromatic heterocycles. The van der Waals surface area contributed by atoms with Gasteiger partial charge in [0, 0.05) is 30.7 Å². The third-order valence-corrected chi connectivity index (χ3v) is 5.04. The van der Waals surface area contributed by atoms with Gasteiger partial charge in [-0.1, -0.05) is 12.1 Å². The molecular formula is C18H16N4OS. The van der Waals surface area contributed by atoms with Crippen LogP contribution in [0.5, 0.6) is 0 Å². The van der Waals surface area contributed by atoms with Gasteiger partial charge >= 0.3 is 6.03 Å². The van der Waals surface area contributed by atoms with Crippen molar-refractivity contribution in [1.82, 2.24) is 14.9 Å². The summed E-state index contributed by atoms with van der Waals surface area (Å²) in [6.07, 6.45) is 5.27. The highest BCUT2D eigenvalue weighted by Crippen LogP contribution is 2.38. The van der Waals surface area contributed by atoms with E-state index < -0.39 is 0 Å². The summed E-state index contributed by atoms with van der Waals surface area (Å²) >= 11 is 1.56. The molecule has 2 amide bonds. The number of fused-ring (bicyclic) bond motifs is 1. The van der Waals surface area contributed by atoms with Crippen LogP contribution in [0.2, 0.25) is 0 Å². The summed E-state index contributed by atoms with van der Waals surface area (Å²) in [6.45, 7) is 3.10. The molecular weight excluding hydrogens is 320 g/mol. The van der Waals surface area contributed by atoms with Crippen LogP contribution in [0.1, 0.15) is 16.7 Å². The number of aromatic nitrogens is 2. The van der Waals surface area contributed by atoms with Gasteiger partial charge in [0.2, 0.25) is 0 Å². The molecule has 0 atom stereocenters. The molecule has 0 saturated carbocycles. The van der Waals surface area contributed by atoms with Crippen molar-refractivity contribution in [3.63, 3.8) is 0 Å². The van der Waals surface area contributed by atoms with Gasteiger partial charge in [0.1, 0.15) is 10.8 Å². The van der Waals surface area contributed by atoms with Gasteiger partial charge in [0.25, 0.3) is 0 Å². The Morgan fingerprint density at radius 2 is 2.08 bits per heavy atom. The summed E-state index contributed by atoms with van der Waals surface area (Å²) < 4.78 is 0. The molecule has 1 aliphatic rings. The van der Waals surface area contributed by atoms with Crippen LogP contribution < -0.4 is 4.90 Å². The van der Waals surface area contributed by atoms with E-state index >= 15 is 0 Å². The van der Waals surface area contributed by atoms with Gasteiger partial charge in [0.05, 0.1) is 6.54 Å². The van der Waals surface area contributed by atoms with E-state index in [1.54, 1.807) is 34.8 Å². The average Bonchev–Trinajstić information content (AvgIpc) is 3.02. The number of carbonyl (C=O) groups excluding carboxylic acids is 1. The average molecular weight is 336 g/mol. The number of nitrogens with zero attached hydrogens (tertiary/aromatic N) is 4. The maximum atomic E-state index is 13.1. The fourth-order valence-corrected chi connectivity index (χ4v) is 3.80. The fourth-order valence-electron chi connectivity index (χ4n) is 2.87. The lowest BCUT2D eigenvalue weighted by atomic mass is 10.1. The zero-order chi connectivity index (χ0) is 16.5. The van der Waals surface area contributed by atoms with Crippen molar-refractivity contribution < 1.29 is 4.79 Å². The predicted octanol–water partition coefficient (Wildman–Crippen LogP) is 4.12. The maximum absolute atomic E-state index is 13.1. The van der Waals surface area contributed by atoms with Crippen LogP contribution in [0.15, 0.2) is 54.3 Å². The Bertz CT molecular complexity index is 877. The molecule has 0 aliphatic carbocycles. The quantitative estimate of drug-likeness (QED) is 0.723. The Balaban J connectivity index is 1.75. The second kappa shape index (κ2) is 6.05. The molecule has 0 fully saturated rings. The normalized spacial score (nSPS) is 14.0. The van der Waals surface area contributed by atoms with E-state index in [4.69, 9.17) is 0 Å². The van der Waals surface area contributed by atoms with Crippen molar-refractivity contribution in [3.05, 3.63) is 71.0 Å². The Kier molecular flexibility index (Phi) is 3.74. The van der Waals surface area contributed by atoms with Crippen LogP contribution >= 0.6 is 11.3 Å². The van der Waals surface area contributed by atoms with Gasteiger partial charge in [-0.15, -0.1) is 11.3 Å². The van der Waals surface area contributed by atoms with Gasteiger partial charge in [-0.3, -0.25) is 4.98 Å². The summed E-state index contributed by atoms with van der Waals surface area (Å²) in [5.41, 5.74) is 3.14. The first-order chi connectivity index (χ1) is 11.7. The molecule has 1 aliphatic heterocycles. The molecule has 3 aromatic rings. The summed E-state index contributed by atoms with van der Waals surface area (Å²) in [5.74, 6) is 0.732. The van der Waals surface area contributed by atoms with E-state index in [0.717, 1.165) is 27.5 Å². The minimum Gasteiger partial charge on any atom is -0.315 e. The lowest BCUT2D eigenvalue weighted by Gasteiger charge is -2.35. The Labute approximate surface area is 144 Å². The van der Waals surface area contributed by atoms with Crippen LogP contribution in [0.25, 0.3) is 0 Å². The van der Waals surface area contributed by atoms with E-state index in [9.17, 15) is 4.79 Å². The topological polar surface area (TPSA) is 49.3 Å². The number of thiophene rings is 1. The van der Waals surface area contributed by atoms with Crippen molar-refractivity contribution in [1.29, 1.82) is 0 Å². The van der Waals surface area contributed by atoms with E-state index in [0.29, 0.717) is 13.1 Å². The van der Waals surface area contributed by atoms with Crippen molar-refractivity contribution in [3.8, 4) is 0 Å². The number of aryl methyl sites for hydroxylation is 1. The molecule has 0 unspecified atom stereocenters. The van der Waals surface area contributed by atoms with Crippen molar-refractivity contribution in [2.45, 2.75) is 20.0 Å². The minimum absolute atomic E-state index is 0.0457. The number of urea groups is 1. The summed E-state index contributed by atoms with van der Waals surface area (Å²) in [7, 11) is 0. The molecule has 5 nitrogen and oxygen atoms in total. The Morgan fingerprint density at radius 1 is 1.21 bits per heavy atom. The lowest BCUT2D eigenvalue weighted by Crippen LogP contribution is -2.44. The number of rotatable bonds is 3. The first kappa shape index (κ1) is 14.8. The third-order valence-electron chi connectivity index (χ3n) is 4.04. The molecule has 4 heterocycles. The molecule has 6 heteroatoms. The SMILES string of the molecule is Cc1ccsc1N1C(=O)N(Cc2cccnc2)Cc2cccnc21.